The lowest BCUT2D eigenvalue weighted by Crippen LogP contribution is -2.46. The van der Waals surface area contributed by atoms with Crippen molar-refractivity contribution in [3.63, 3.8) is 0 Å². The predicted molar refractivity (Wildman–Crippen MR) is 104 cm³/mol. The van der Waals surface area contributed by atoms with Gasteiger partial charge in [-0.05, 0) is 25.0 Å². The number of amides is 1. The molecule has 0 radical (unpaired) electrons. The van der Waals surface area contributed by atoms with Crippen molar-refractivity contribution in [1.29, 1.82) is 0 Å². The molecule has 1 aliphatic heterocycles. The van der Waals surface area contributed by atoms with E-state index in [0.717, 1.165) is 11.1 Å². The molecule has 1 saturated heterocycles. The van der Waals surface area contributed by atoms with E-state index in [9.17, 15) is 9.90 Å². The van der Waals surface area contributed by atoms with Crippen LogP contribution in [0.3, 0.4) is 0 Å². The van der Waals surface area contributed by atoms with Crippen molar-refractivity contribution in [2.24, 2.45) is 0 Å². The Morgan fingerprint density at radius 2 is 1.68 bits per heavy atom. The molecule has 0 aromatic heterocycles. The number of aliphatic hydroxyl groups is 1. The summed E-state index contributed by atoms with van der Waals surface area (Å²) in [6.07, 6.45) is -2.70. The van der Waals surface area contributed by atoms with Gasteiger partial charge in [-0.25, -0.2) is 0 Å². The van der Waals surface area contributed by atoms with Crippen LogP contribution in [-0.4, -0.2) is 41.7 Å². The third-order valence-corrected chi connectivity index (χ3v) is 4.48. The summed E-state index contributed by atoms with van der Waals surface area (Å²) in [5.41, 5.74) is 1.99. The molecule has 6 heteroatoms. The number of rotatable bonds is 8. The fourth-order valence-electron chi connectivity index (χ4n) is 3.13. The summed E-state index contributed by atoms with van der Waals surface area (Å²) in [5, 5.41) is 13.4. The number of aliphatic hydroxyl groups excluding tert-OH is 1. The van der Waals surface area contributed by atoms with Crippen LogP contribution >= 0.6 is 0 Å². The first-order chi connectivity index (χ1) is 13.4. The molecule has 0 unspecified atom stereocenters. The van der Waals surface area contributed by atoms with Crippen LogP contribution in [0, 0.1) is 0 Å². The summed E-state index contributed by atoms with van der Waals surface area (Å²) in [5.74, 6) is -1.28. The van der Waals surface area contributed by atoms with E-state index in [1.807, 2.05) is 60.7 Å². The molecule has 150 valence electrons. The van der Waals surface area contributed by atoms with Gasteiger partial charge < -0.3 is 24.6 Å². The van der Waals surface area contributed by atoms with Crippen LogP contribution in [0.1, 0.15) is 25.0 Å². The van der Waals surface area contributed by atoms with E-state index in [2.05, 4.69) is 5.32 Å². The highest BCUT2D eigenvalue weighted by molar-refractivity contribution is 5.81. The Bertz CT molecular complexity index is 750. The lowest BCUT2D eigenvalue weighted by Gasteiger charge is -2.22. The molecule has 2 aromatic rings. The molecule has 3 atom stereocenters. The smallest absolute Gasteiger partial charge is 0.252 e. The van der Waals surface area contributed by atoms with Crippen LogP contribution in [-0.2, 0) is 32.2 Å². The number of benzene rings is 2. The largest absolute Gasteiger partial charge is 0.388 e. The normalized spacial score (nSPS) is 22.0. The number of carbonyl (C=O) groups excluding carboxylic acids is 1. The third kappa shape index (κ3) is 5.62. The van der Waals surface area contributed by atoms with E-state index >= 15 is 0 Å². The van der Waals surface area contributed by atoms with E-state index in [-0.39, 0.29) is 12.5 Å². The molecule has 1 fully saturated rings. The highest BCUT2D eigenvalue weighted by atomic mass is 16.8. The molecular weight excluding hydrogens is 358 g/mol. The number of ether oxygens (including phenoxy) is 3. The van der Waals surface area contributed by atoms with E-state index in [1.54, 1.807) is 13.8 Å². The van der Waals surface area contributed by atoms with Crippen LogP contribution in [0.15, 0.2) is 60.7 Å². The summed E-state index contributed by atoms with van der Waals surface area (Å²) < 4.78 is 17.1. The third-order valence-electron chi connectivity index (χ3n) is 4.48. The number of hydrogen-bond donors (Lipinski definition) is 2. The Morgan fingerprint density at radius 3 is 2.32 bits per heavy atom. The Morgan fingerprint density at radius 1 is 1.07 bits per heavy atom. The molecule has 1 heterocycles. The molecule has 2 N–H and O–H groups in total. The molecule has 1 aliphatic rings. The lowest BCUT2D eigenvalue weighted by molar-refractivity contribution is -0.162. The first kappa shape index (κ1) is 20.5. The Balaban J connectivity index is 1.55. The SMILES string of the molecule is CC1(C)O[C@H]([C@H](O)COCc2ccccc2)[C@H](C(=O)NCc2ccccc2)O1. The number of carbonyl (C=O) groups is 1. The molecule has 1 amide bonds. The molecule has 0 spiro atoms. The average Bonchev–Trinajstić information content (AvgIpc) is 3.03. The molecule has 2 aromatic carbocycles. The summed E-state index contributed by atoms with van der Waals surface area (Å²) in [6, 6.07) is 19.3. The van der Waals surface area contributed by atoms with E-state index in [0.29, 0.717) is 13.2 Å². The molecule has 0 aliphatic carbocycles. The average molecular weight is 385 g/mol. The van der Waals surface area contributed by atoms with Gasteiger partial charge in [0.15, 0.2) is 11.9 Å². The van der Waals surface area contributed by atoms with E-state index in [1.165, 1.54) is 0 Å². The van der Waals surface area contributed by atoms with Crippen molar-refractivity contribution >= 4 is 5.91 Å². The van der Waals surface area contributed by atoms with Crippen LogP contribution < -0.4 is 5.32 Å². The first-order valence-corrected chi connectivity index (χ1v) is 9.41. The maximum atomic E-state index is 12.6. The minimum absolute atomic E-state index is 0.0431. The zero-order valence-electron chi connectivity index (χ0n) is 16.2. The summed E-state index contributed by atoms with van der Waals surface area (Å²) in [4.78, 5) is 12.6. The van der Waals surface area contributed by atoms with Crippen LogP contribution in [0.2, 0.25) is 0 Å². The van der Waals surface area contributed by atoms with Gasteiger partial charge >= 0.3 is 0 Å². The minimum atomic E-state index is -0.988. The van der Waals surface area contributed by atoms with Gasteiger partial charge in [0, 0.05) is 6.54 Å². The second kappa shape index (κ2) is 9.30. The fraction of sp³-hybridized carbons (Fsp3) is 0.409. The molecule has 6 nitrogen and oxygen atoms in total. The maximum absolute atomic E-state index is 12.6. The van der Waals surface area contributed by atoms with Crippen LogP contribution in [0.25, 0.3) is 0 Å². The van der Waals surface area contributed by atoms with Gasteiger partial charge in [-0.1, -0.05) is 60.7 Å². The highest BCUT2D eigenvalue weighted by Crippen LogP contribution is 2.30. The second-order valence-corrected chi connectivity index (χ2v) is 7.29. The quantitative estimate of drug-likeness (QED) is 0.730. The van der Waals surface area contributed by atoms with Crippen molar-refractivity contribution in [2.45, 2.75) is 51.1 Å². The molecular formula is C22H27NO5. The van der Waals surface area contributed by atoms with Gasteiger partial charge in [0.2, 0.25) is 0 Å². The summed E-state index contributed by atoms with van der Waals surface area (Å²) >= 11 is 0. The van der Waals surface area contributed by atoms with Crippen molar-refractivity contribution in [2.75, 3.05) is 6.61 Å². The van der Waals surface area contributed by atoms with Crippen LogP contribution in [0.4, 0.5) is 0 Å². The zero-order valence-corrected chi connectivity index (χ0v) is 16.2. The minimum Gasteiger partial charge on any atom is -0.388 e. The second-order valence-electron chi connectivity index (χ2n) is 7.29. The predicted octanol–water partition coefficient (Wildman–Crippen LogP) is 2.40. The standard InChI is InChI=1S/C22H27NO5/c1-22(2)27-19(18(24)15-26-14-17-11-7-4-8-12-17)20(28-22)21(25)23-13-16-9-5-3-6-10-16/h3-12,18-20,24H,13-15H2,1-2H3,(H,23,25)/t18-,19-,20-/m1/s1. The van der Waals surface area contributed by atoms with Gasteiger partial charge in [-0.3, -0.25) is 4.79 Å². The van der Waals surface area contributed by atoms with Crippen LogP contribution in [0.5, 0.6) is 0 Å². The summed E-state index contributed by atoms with van der Waals surface area (Å²) in [7, 11) is 0. The Labute approximate surface area is 165 Å². The van der Waals surface area contributed by atoms with E-state index in [4.69, 9.17) is 14.2 Å². The van der Waals surface area contributed by atoms with Gasteiger partial charge in [0.25, 0.3) is 5.91 Å². The Hall–Kier alpha value is -2.25. The van der Waals surface area contributed by atoms with Crippen molar-refractivity contribution in [3.8, 4) is 0 Å². The van der Waals surface area contributed by atoms with E-state index < -0.39 is 24.1 Å². The van der Waals surface area contributed by atoms with Gasteiger partial charge in [0.05, 0.1) is 13.2 Å². The van der Waals surface area contributed by atoms with Crippen molar-refractivity contribution < 1.29 is 24.1 Å². The fourth-order valence-corrected chi connectivity index (χ4v) is 3.13. The summed E-state index contributed by atoms with van der Waals surface area (Å²) in [6.45, 7) is 4.25. The van der Waals surface area contributed by atoms with Gasteiger partial charge in [-0.15, -0.1) is 0 Å². The highest BCUT2D eigenvalue weighted by Gasteiger charge is 2.48. The molecule has 0 bridgehead atoms. The monoisotopic (exact) mass is 385 g/mol. The topological polar surface area (TPSA) is 77.0 Å². The number of nitrogens with one attached hydrogen (secondary N) is 1. The molecule has 0 saturated carbocycles. The van der Waals surface area contributed by atoms with Gasteiger partial charge in [0.1, 0.15) is 12.2 Å². The molecule has 3 rings (SSSR count). The van der Waals surface area contributed by atoms with Crippen molar-refractivity contribution in [3.05, 3.63) is 71.8 Å². The Kier molecular flexibility index (Phi) is 6.80. The first-order valence-electron chi connectivity index (χ1n) is 9.41. The molecule has 28 heavy (non-hydrogen) atoms. The number of hydrogen-bond acceptors (Lipinski definition) is 5. The zero-order chi connectivity index (χ0) is 20.0. The maximum Gasteiger partial charge on any atom is 0.252 e. The van der Waals surface area contributed by atoms with Gasteiger partial charge in [-0.2, -0.15) is 0 Å². The van der Waals surface area contributed by atoms with Crippen molar-refractivity contribution in [1.82, 2.24) is 5.32 Å². The lowest BCUT2D eigenvalue weighted by atomic mass is 10.1.